The van der Waals surface area contributed by atoms with E-state index < -0.39 is 0 Å². The van der Waals surface area contributed by atoms with Gasteiger partial charge in [0.15, 0.2) is 0 Å². The van der Waals surface area contributed by atoms with Gasteiger partial charge in [0, 0.05) is 12.6 Å². The first kappa shape index (κ1) is 10.8. The predicted octanol–water partition coefficient (Wildman–Crippen LogP) is 1.40. The molecule has 0 atom stereocenters. The maximum Gasteiger partial charge on any atom is 0.315 e. The van der Waals surface area contributed by atoms with Crippen molar-refractivity contribution in [1.82, 2.24) is 10.6 Å². The van der Waals surface area contributed by atoms with Crippen LogP contribution in [0.25, 0.3) is 0 Å². The van der Waals surface area contributed by atoms with E-state index in [1.54, 1.807) is 12.1 Å². The number of phenolic OH excluding ortho intramolecular Hbond substituents is 1. The number of hydrogen-bond donors (Lipinski definition) is 3. The molecule has 2 amide bonds. The van der Waals surface area contributed by atoms with Crippen molar-refractivity contribution in [2.45, 2.75) is 25.3 Å². The first-order valence-electron chi connectivity index (χ1n) is 5.57. The van der Waals surface area contributed by atoms with Crippen LogP contribution in [0.1, 0.15) is 18.4 Å². The van der Waals surface area contributed by atoms with Crippen LogP contribution in [0.4, 0.5) is 4.79 Å². The van der Waals surface area contributed by atoms with Gasteiger partial charge in [-0.1, -0.05) is 18.2 Å². The largest absolute Gasteiger partial charge is 0.508 e. The first-order valence-corrected chi connectivity index (χ1v) is 5.57. The molecule has 0 bridgehead atoms. The summed E-state index contributed by atoms with van der Waals surface area (Å²) >= 11 is 0. The van der Waals surface area contributed by atoms with Crippen molar-refractivity contribution < 1.29 is 9.90 Å². The molecular formula is C12H16N2O2. The van der Waals surface area contributed by atoms with E-state index in [0.717, 1.165) is 18.4 Å². The van der Waals surface area contributed by atoms with Gasteiger partial charge in [-0.25, -0.2) is 4.79 Å². The second-order valence-corrected chi connectivity index (χ2v) is 4.05. The third-order valence-electron chi connectivity index (χ3n) is 2.58. The van der Waals surface area contributed by atoms with Gasteiger partial charge in [-0.2, -0.15) is 0 Å². The van der Waals surface area contributed by atoms with Crippen molar-refractivity contribution in [3.05, 3.63) is 29.8 Å². The molecule has 1 fully saturated rings. The van der Waals surface area contributed by atoms with E-state index >= 15 is 0 Å². The summed E-state index contributed by atoms with van der Waals surface area (Å²) in [6.07, 6.45) is 2.82. The lowest BCUT2D eigenvalue weighted by molar-refractivity contribution is 0.240. The number of hydrogen-bond acceptors (Lipinski definition) is 2. The average Bonchev–Trinajstić information content (AvgIpc) is 3.05. The Morgan fingerprint density at radius 1 is 1.38 bits per heavy atom. The molecule has 0 heterocycles. The van der Waals surface area contributed by atoms with Crippen molar-refractivity contribution in [3.8, 4) is 5.75 Å². The van der Waals surface area contributed by atoms with Gasteiger partial charge in [-0.05, 0) is 30.9 Å². The number of carbonyl (C=O) groups is 1. The molecule has 0 aromatic heterocycles. The van der Waals surface area contributed by atoms with Crippen molar-refractivity contribution in [1.29, 1.82) is 0 Å². The number of urea groups is 1. The molecule has 1 aliphatic carbocycles. The fourth-order valence-corrected chi connectivity index (χ4v) is 1.50. The third kappa shape index (κ3) is 3.15. The lowest BCUT2D eigenvalue weighted by atomic mass is 10.1. The van der Waals surface area contributed by atoms with Crippen molar-refractivity contribution in [2.24, 2.45) is 0 Å². The van der Waals surface area contributed by atoms with Crippen LogP contribution in [0.5, 0.6) is 5.75 Å². The SMILES string of the molecule is O=C(NCCc1ccccc1O)NC1CC1. The number of phenols is 1. The zero-order valence-corrected chi connectivity index (χ0v) is 9.07. The van der Waals surface area contributed by atoms with Crippen LogP contribution < -0.4 is 10.6 Å². The highest BCUT2D eigenvalue weighted by Crippen LogP contribution is 2.18. The summed E-state index contributed by atoms with van der Waals surface area (Å²) in [5.74, 6) is 0.284. The number of nitrogens with one attached hydrogen (secondary N) is 2. The van der Waals surface area contributed by atoms with Gasteiger partial charge in [0.1, 0.15) is 5.75 Å². The van der Waals surface area contributed by atoms with E-state index in [2.05, 4.69) is 10.6 Å². The van der Waals surface area contributed by atoms with Crippen LogP contribution in [-0.4, -0.2) is 23.7 Å². The highest BCUT2D eigenvalue weighted by atomic mass is 16.3. The molecular weight excluding hydrogens is 204 g/mol. The van der Waals surface area contributed by atoms with Crippen molar-refractivity contribution >= 4 is 6.03 Å². The number of amides is 2. The number of para-hydroxylation sites is 1. The third-order valence-corrected chi connectivity index (χ3v) is 2.58. The molecule has 0 radical (unpaired) electrons. The van der Waals surface area contributed by atoms with Gasteiger partial charge in [0.05, 0.1) is 0 Å². The number of aromatic hydroxyl groups is 1. The molecule has 0 unspecified atom stereocenters. The topological polar surface area (TPSA) is 61.4 Å². The second-order valence-electron chi connectivity index (χ2n) is 4.05. The van der Waals surface area contributed by atoms with Gasteiger partial charge < -0.3 is 15.7 Å². The van der Waals surface area contributed by atoms with E-state index in [0.29, 0.717) is 19.0 Å². The van der Waals surface area contributed by atoms with E-state index in [1.807, 2.05) is 12.1 Å². The molecule has 1 aromatic carbocycles. The molecule has 16 heavy (non-hydrogen) atoms. The molecule has 86 valence electrons. The fraction of sp³-hybridized carbons (Fsp3) is 0.417. The summed E-state index contributed by atoms with van der Waals surface area (Å²) in [5, 5.41) is 15.1. The Hall–Kier alpha value is -1.71. The second kappa shape index (κ2) is 4.88. The predicted molar refractivity (Wildman–Crippen MR) is 61.4 cm³/mol. The molecule has 2 rings (SSSR count). The summed E-state index contributed by atoms with van der Waals surface area (Å²) in [5.41, 5.74) is 0.856. The van der Waals surface area contributed by atoms with E-state index in [4.69, 9.17) is 0 Å². The Kier molecular flexibility index (Phi) is 3.29. The molecule has 1 saturated carbocycles. The summed E-state index contributed by atoms with van der Waals surface area (Å²) in [6, 6.07) is 7.43. The van der Waals surface area contributed by atoms with Crippen molar-refractivity contribution in [2.75, 3.05) is 6.54 Å². The molecule has 4 nitrogen and oxygen atoms in total. The smallest absolute Gasteiger partial charge is 0.315 e. The van der Waals surface area contributed by atoms with Gasteiger partial charge >= 0.3 is 6.03 Å². The lowest BCUT2D eigenvalue weighted by Gasteiger charge is -2.07. The number of carbonyl (C=O) groups excluding carboxylic acids is 1. The maximum absolute atomic E-state index is 11.3. The minimum Gasteiger partial charge on any atom is -0.508 e. The summed E-state index contributed by atoms with van der Waals surface area (Å²) < 4.78 is 0. The number of rotatable bonds is 4. The average molecular weight is 220 g/mol. The Bertz CT molecular complexity index is 375. The van der Waals surface area contributed by atoms with Crippen LogP contribution in [0.3, 0.4) is 0 Å². The first-order chi connectivity index (χ1) is 7.75. The number of benzene rings is 1. The van der Waals surface area contributed by atoms with Gasteiger partial charge in [0.25, 0.3) is 0 Å². The summed E-state index contributed by atoms with van der Waals surface area (Å²) in [7, 11) is 0. The Balaban J connectivity index is 1.70. The lowest BCUT2D eigenvalue weighted by Crippen LogP contribution is -2.37. The van der Waals surface area contributed by atoms with E-state index in [-0.39, 0.29) is 11.8 Å². The quantitative estimate of drug-likeness (QED) is 0.718. The van der Waals surface area contributed by atoms with Crippen LogP contribution in [-0.2, 0) is 6.42 Å². The van der Waals surface area contributed by atoms with Crippen molar-refractivity contribution in [3.63, 3.8) is 0 Å². The van der Waals surface area contributed by atoms with Crippen LogP contribution in [0, 0.1) is 0 Å². The normalized spacial score (nSPS) is 14.5. The van der Waals surface area contributed by atoms with Crippen LogP contribution >= 0.6 is 0 Å². The molecule has 1 aliphatic rings. The Morgan fingerprint density at radius 3 is 2.81 bits per heavy atom. The van der Waals surface area contributed by atoms with E-state index in [9.17, 15) is 9.90 Å². The minimum absolute atomic E-state index is 0.113. The molecule has 3 N–H and O–H groups in total. The Labute approximate surface area is 94.7 Å². The van der Waals surface area contributed by atoms with Gasteiger partial charge in [0.2, 0.25) is 0 Å². The van der Waals surface area contributed by atoms with Gasteiger partial charge in [-0.3, -0.25) is 0 Å². The molecule has 4 heteroatoms. The summed E-state index contributed by atoms with van der Waals surface area (Å²) in [4.78, 5) is 11.3. The zero-order chi connectivity index (χ0) is 11.4. The zero-order valence-electron chi connectivity index (χ0n) is 9.07. The van der Waals surface area contributed by atoms with E-state index in [1.165, 1.54) is 0 Å². The molecule has 0 spiro atoms. The molecule has 0 aliphatic heterocycles. The molecule has 0 saturated heterocycles. The highest BCUT2D eigenvalue weighted by molar-refractivity contribution is 5.74. The van der Waals surface area contributed by atoms with Crippen LogP contribution in [0.2, 0.25) is 0 Å². The summed E-state index contributed by atoms with van der Waals surface area (Å²) in [6.45, 7) is 0.538. The standard InChI is InChI=1S/C12H16N2O2/c15-11-4-2-1-3-9(11)7-8-13-12(16)14-10-5-6-10/h1-4,10,15H,5-8H2,(H2,13,14,16). The van der Waals surface area contributed by atoms with Crippen LogP contribution in [0.15, 0.2) is 24.3 Å². The molecule has 1 aromatic rings. The fourth-order valence-electron chi connectivity index (χ4n) is 1.50. The maximum atomic E-state index is 11.3. The minimum atomic E-state index is -0.113. The Morgan fingerprint density at radius 2 is 2.12 bits per heavy atom. The monoisotopic (exact) mass is 220 g/mol. The highest BCUT2D eigenvalue weighted by Gasteiger charge is 2.22. The van der Waals surface area contributed by atoms with Gasteiger partial charge in [-0.15, -0.1) is 0 Å².